The predicted molar refractivity (Wildman–Crippen MR) is 73.6 cm³/mol. The summed E-state index contributed by atoms with van der Waals surface area (Å²) < 4.78 is 37.6. The van der Waals surface area contributed by atoms with Crippen LogP contribution in [0.25, 0.3) is 0 Å². The average Bonchev–Trinajstić information content (AvgIpc) is 2.90. The molecule has 0 atom stereocenters. The Balaban J connectivity index is 2.25. The number of nitrogens with zero attached hydrogens (tertiary/aromatic N) is 2. The summed E-state index contributed by atoms with van der Waals surface area (Å²) in [7, 11) is 0. The van der Waals surface area contributed by atoms with Crippen LogP contribution in [0.15, 0.2) is 40.1 Å². The van der Waals surface area contributed by atoms with Crippen LogP contribution in [0, 0.1) is 10.1 Å². The van der Waals surface area contributed by atoms with Crippen molar-refractivity contribution in [3.05, 3.63) is 56.3 Å². The first-order valence-corrected chi connectivity index (χ1v) is 6.49. The summed E-state index contributed by atoms with van der Waals surface area (Å²) in [6.45, 7) is 0. The van der Waals surface area contributed by atoms with Gasteiger partial charge in [-0.1, -0.05) is 0 Å². The number of nitrogens with one attached hydrogen (secondary N) is 1. The molecule has 0 fully saturated rings. The molecule has 0 radical (unpaired) electrons. The van der Waals surface area contributed by atoms with Crippen LogP contribution in [0.4, 0.5) is 24.5 Å². The molecule has 2 rings (SSSR count). The second-order valence-electron chi connectivity index (χ2n) is 3.91. The minimum absolute atomic E-state index is 0.112. The zero-order valence-corrected chi connectivity index (χ0v) is 11.1. The second-order valence-corrected chi connectivity index (χ2v) is 4.69. The standard InChI is InChI=1S/C12H8F3N3O2S/c13-12(14,15)9-1-2-10(11(5-9)18(19)20)17-16-6-8-3-4-21-7-8/h1-7,17H. The van der Waals surface area contributed by atoms with E-state index in [1.165, 1.54) is 17.6 Å². The van der Waals surface area contributed by atoms with E-state index in [0.717, 1.165) is 17.7 Å². The van der Waals surface area contributed by atoms with Gasteiger partial charge in [0.1, 0.15) is 5.69 Å². The smallest absolute Gasteiger partial charge is 0.272 e. The molecule has 21 heavy (non-hydrogen) atoms. The van der Waals surface area contributed by atoms with Gasteiger partial charge < -0.3 is 0 Å². The Labute approximate surface area is 120 Å². The fourth-order valence-electron chi connectivity index (χ4n) is 1.48. The third-order valence-electron chi connectivity index (χ3n) is 2.46. The van der Waals surface area contributed by atoms with Crippen molar-refractivity contribution in [3.63, 3.8) is 0 Å². The molecule has 0 saturated heterocycles. The Bertz CT molecular complexity index is 669. The van der Waals surface area contributed by atoms with Gasteiger partial charge in [0.05, 0.1) is 16.7 Å². The first kappa shape index (κ1) is 15.0. The maximum atomic E-state index is 12.5. The molecule has 0 bridgehead atoms. The maximum Gasteiger partial charge on any atom is 0.416 e. The van der Waals surface area contributed by atoms with E-state index in [4.69, 9.17) is 0 Å². The van der Waals surface area contributed by atoms with Gasteiger partial charge in [0.2, 0.25) is 0 Å². The van der Waals surface area contributed by atoms with Crippen LogP contribution in [-0.4, -0.2) is 11.1 Å². The fourth-order valence-corrected chi connectivity index (χ4v) is 2.09. The minimum atomic E-state index is -4.64. The molecule has 110 valence electrons. The molecule has 1 heterocycles. The number of halogens is 3. The van der Waals surface area contributed by atoms with Crippen LogP contribution in [-0.2, 0) is 6.18 Å². The summed E-state index contributed by atoms with van der Waals surface area (Å²) in [6, 6.07) is 3.99. The topological polar surface area (TPSA) is 67.5 Å². The van der Waals surface area contributed by atoms with Gasteiger partial charge in [-0.3, -0.25) is 15.5 Å². The molecule has 1 aromatic carbocycles. The normalized spacial score (nSPS) is 11.8. The molecule has 1 N–H and O–H groups in total. The summed E-state index contributed by atoms with van der Waals surface area (Å²) >= 11 is 1.45. The lowest BCUT2D eigenvalue weighted by Crippen LogP contribution is -2.06. The minimum Gasteiger partial charge on any atom is -0.272 e. The van der Waals surface area contributed by atoms with Crippen molar-refractivity contribution in [2.24, 2.45) is 5.10 Å². The van der Waals surface area contributed by atoms with Crippen LogP contribution in [0.5, 0.6) is 0 Å². The van der Waals surface area contributed by atoms with Crippen molar-refractivity contribution in [1.29, 1.82) is 0 Å². The highest BCUT2D eigenvalue weighted by molar-refractivity contribution is 7.08. The summed E-state index contributed by atoms with van der Waals surface area (Å²) in [5.41, 5.74) is 1.28. The second kappa shape index (κ2) is 5.92. The predicted octanol–water partition coefficient (Wildman–Crippen LogP) is 4.12. The molecule has 1 aromatic heterocycles. The van der Waals surface area contributed by atoms with E-state index in [0.29, 0.717) is 6.07 Å². The Morgan fingerprint density at radius 3 is 2.67 bits per heavy atom. The molecular formula is C12H8F3N3O2S. The molecule has 0 saturated carbocycles. The Morgan fingerprint density at radius 1 is 1.33 bits per heavy atom. The van der Waals surface area contributed by atoms with Gasteiger partial charge >= 0.3 is 6.18 Å². The monoisotopic (exact) mass is 315 g/mol. The van der Waals surface area contributed by atoms with Crippen LogP contribution >= 0.6 is 11.3 Å². The van der Waals surface area contributed by atoms with E-state index in [2.05, 4.69) is 10.5 Å². The highest BCUT2D eigenvalue weighted by Gasteiger charge is 2.33. The molecule has 9 heteroatoms. The van der Waals surface area contributed by atoms with Crippen molar-refractivity contribution >= 4 is 28.9 Å². The van der Waals surface area contributed by atoms with Crippen LogP contribution < -0.4 is 5.43 Å². The first-order valence-electron chi connectivity index (χ1n) is 5.55. The van der Waals surface area contributed by atoms with Gasteiger partial charge in [-0.15, -0.1) is 0 Å². The quantitative estimate of drug-likeness (QED) is 0.524. The molecule has 2 aromatic rings. The van der Waals surface area contributed by atoms with Crippen molar-refractivity contribution in [3.8, 4) is 0 Å². The molecule has 0 spiro atoms. The van der Waals surface area contributed by atoms with Gasteiger partial charge in [-0.2, -0.15) is 29.6 Å². The molecule has 0 unspecified atom stereocenters. The highest BCUT2D eigenvalue weighted by atomic mass is 32.1. The average molecular weight is 315 g/mol. The first-order chi connectivity index (χ1) is 9.88. The Kier molecular flexibility index (Phi) is 4.22. The zero-order valence-electron chi connectivity index (χ0n) is 10.3. The zero-order chi connectivity index (χ0) is 15.5. The maximum absolute atomic E-state index is 12.5. The van der Waals surface area contributed by atoms with Gasteiger partial charge in [-0.25, -0.2) is 0 Å². The number of alkyl halides is 3. The lowest BCUT2D eigenvalue weighted by molar-refractivity contribution is -0.384. The number of hydrogen-bond donors (Lipinski definition) is 1. The number of nitro benzene ring substituents is 1. The summed E-state index contributed by atoms with van der Waals surface area (Å²) in [4.78, 5) is 9.95. The number of hydrogen-bond acceptors (Lipinski definition) is 5. The SMILES string of the molecule is O=[N+]([O-])c1cc(C(F)(F)F)ccc1NN=Cc1ccsc1. The molecule has 0 aliphatic carbocycles. The van der Waals surface area contributed by atoms with Gasteiger partial charge in [-0.05, 0) is 29.0 Å². The third-order valence-corrected chi connectivity index (χ3v) is 3.17. The van der Waals surface area contributed by atoms with E-state index in [-0.39, 0.29) is 5.69 Å². The van der Waals surface area contributed by atoms with Crippen LogP contribution in [0.1, 0.15) is 11.1 Å². The van der Waals surface area contributed by atoms with Gasteiger partial charge in [0, 0.05) is 11.6 Å². The largest absolute Gasteiger partial charge is 0.416 e. The van der Waals surface area contributed by atoms with Crippen LogP contribution in [0.3, 0.4) is 0 Å². The molecule has 5 nitrogen and oxygen atoms in total. The fraction of sp³-hybridized carbons (Fsp3) is 0.0833. The Hall–Kier alpha value is -2.42. The number of hydrazone groups is 1. The summed E-state index contributed by atoms with van der Waals surface area (Å²) in [5, 5.41) is 18.2. The highest BCUT2D eigenvalue weighted by Crippen LogP contribution is 2.34. The summed E-state index contributed by atoms with van der Waals surface area (Å²) in [6.07, 6.45) is -3.22. The third kappa shape index (κ3) is 3.78. The number of nitro groups is 1. The van der Waals surface area contributed by atoms with E-state index in [1.54, 1.807) is 11.4 Å². The Morgan fingerprint density at radius 2 is 2.10 bits per heavy atom. The van der Waals surface area contributed by atoms with Crippen molar-refractivity contribution in [2.45, 2.75) is 6.18 Å². The summed E-state index contributed by atoms with van der Waals surface area (Å²) in [5.74, 6) is 0. The van der Waals surface area contributed by atoms with Crippen molar-refractivity contribution in [2.75, 3.05) is 5.43 Å². The van der Waals surface area contributed by atoms with E-state index in [9.17, 15) is 23.3 Å². The van der Waals surface area contributed by atoms with Gasteiger partial charge in [0.15, 0.2) is 0 Å². The van der Waals surface area contributed by atoms with E-state index >= 15 is 0 Å². The molecule has 0 aliphatic heterocycles. The van der Waals surface area contributed by atoms with Gasteiger partial charge in [0.25, 0.3) is 5.69 Å². The molecular weight excluding hydrogens is 307 g/mol. The number of rotatable bonds is 4. The number of benzene rings is 1. The molecule has 0 amide bonds. The lowest BCUT2D eigenvalue weighted by atomic mass is 10.1. The van der Waals surface area contributed by atoms with Crippen molar-refractivity contribution in [1.82, 2.24) is 0 Å². The van der Waals surface area contributed by atoms with Crippen LogP contribution in [0.2, 0.25) is 0 Å². The number of thiophene rings is 1. The van der Waals surface area contributed by atoms with E-state index < -0.39 is 22.4 Å². The lowest BCUT2D eigenvalue weighted by Gasteiger charge is -2.08. The molecule has 0 aliphatic rings. The van der Waals surface area contributed by atoms with E-state index in [1.807, 2.05) is 5.38 Å². The van der Waals surface area contributed by atoms with Crippen molar-refractivity contribution < 1.29 is 18.1 Å². The number of anilines is 1.